The summed E-state index contributed by atoms with van der Waals surface area (Å²) in [5, 5.41) is 18.4. The van der Waals surface area contributed by atoms with Crippen molar-refractivity contribution < 1.29 is 29.1 Å². The van der Waals surface area contributed by atoms with Gasteiger partial charge in [0.15, 0.2) is 11.7 Å². The molecule has 6 nitrogen and oxygen atoms in total. The fourth-order valence-electron chi connectivity index (χ4n) is 1.90. The molecule has 1 aliphatic heterocycles. The molecule has 2 N–H and O–H groups in total. The maximum Gasteiger partial charge on any atom is 0.461 e. The van der Waals surface area contributed by atoms with E-state index in [1.54, 1.807) is 27.7 Å². The highest BCUT2D eigenvalue weighted by Crippen LogP contribution is 2.38. The van der Waals surface area contributed by atoms with Gasteiger partial charge in [0.1, 0.15) is 0 Å². The molecule has 1 saturated heterocycles. The van der Waals surface area contributed by atoms with Crippen LogP contribution in [0.5, 0.6) is 0 Å². The summed E-state index contributed by atoms with van der Waals surface area (Å²) in [6.07, 6.45) is -1.48. The van der Waals surface area contributed by atoms with E-state index in [1.807, 2.05) is 0 Å². The molecule has 0 aromatic carbocycles. The number of hydrogen-bond acceptors (Lipinski definition) is 4. The lowest BCUT2D eigenvalue weighted by Crippen LogP contribution is -2.55. The van der Waals surface area contributed by atoms with E-state index in [0.29, 0.717) is 0 Å². The molecular weight excluding hydrogens is 227 g/mol. The fraction of sp³-hybridized carbons (Fsp3) is 0.800. The van der Waals surface area contributed by atoms with Crippen molar-refractivity contribution in [2.24, 2.45) is 5.92 Å². The van der Waals surface area contributed by atoms with Gasteiger partial charge in [0.25, 0.3) is 0 Å². The van der Waals surface area contributed by atoms with Crippen molar-refractivity contribution in [2.45, 2.75) is 45.2 Å². The Morgan fingerprint density at radius 3 is 2.00 bits per heavy atom. The summed E-state index contributed by atoms with van der Waals surface area (Å²) in [5.74, 6) is -3.24. The van der Waals surface area contributed by atoms with Crippen molar-refractivity contribution in [3.8, 4) is 0 Å². The lowest BCUT2D eigenvalue weighted by molar-refractivity contribution is -0.172. The Hall–Kier alpha value is -1.08. The van der Waals surface area contributed by atoms with Crippen LogP contribution >= 0.6 is 0 Å². The van der Waals surface area contributed by atoms with Gasteiger partial charge in [0, 0.05) is 0 Å². The summed E-state index contributed by atoms with van der Waals surface area (Å²) in [4.78, 5) is 22.5. The quantitative estimate of drug-likeness (QED) is 0.712. The first-order valence-corrected chi connectivity index (χ1v) is 5.53. The molecule has 1 rings (SSSR count). The Kier molecular flexibility index (Phi) is 3.83. The summed E-state index contributed by atoms with van der Waals surface area (Å²) in [5.41, 5.74) is -1.82. The van der Waals surface area contributed by atoms with Gasteiger partial charge in [0.05, 0.1) is 0 Å². The monoisotopic (exact) mass is 244 g/mol. The van der Waals surface area contributed by atoms with E-state index in [0.717, 1.165) is 0 Å². The number of hydrogen-bond donors (Lipinski definition) is 2. The van der Waals surface area contributed by atoms with Crippen LogP contribution in [0.3, 0.4) is 0 Å². The van der Waals surface area contributed by atoms with E-state index in [-0.39, 0.29) is 5.82 Å². The van der Waals surface area contributed by atoms with Crippen LogP contribution < -0.4 is 0 Å². The Morgan fingerprint density at radius 1 is 1.24 bits per heavy atom. The van der Waals surface area contributed by atoms with Crippen LogP contribution in [0.25, 0.3) is 0 Å². The van der Waals surface area contributed by atoms with E-state index < -0.39 is 36.7 Å². The predicted molar refractivity (Wildman–Crippen MR) is 59.7 cm³/mol. The molecule has 0 bridgehead atoms. The summed E-state index contributed by atoms with van der Waals surface area (Å²) < 4.78 is 10.6. The molecule has 0 aliphatic carbocycles. The van der Waals surface area contributed by atoms with Crippen molar-refractivity contribution >= 4 is 19.1 Å². The summed E-state index contributed by atoms with van der Waals surface area (Å²) in [6, 6.07) is 0. The third-order valence-electron chi connectivity index (χ3n) is 2.93. The predicted octanol–water partition coefficient (Wildman–Crippen LogP) is 0.864. The van der Waals surface area contributed by atoms with Crippen LogP contribution in [0.1, 0.15) is 27.7 Å². The van der Waals surface area contributed by atoms with Crippen LogP contribution in [0, 0.1) is 5.92 Å². The number of carbonyl (C=O) groups is 2. The smallest absolute Gasteiger partial charge is 0.461 e. The van der Waals surface area contributed by atoms with Gasteiger partial charge >= 0.3 is 19.1 Å². The zero-order valence-electron chi connectivity index (χ0n) is 10.3. The van der Waals surface area contributed by atoms with Gasteiger partial charge in [-0.2, -0.15) is 0 Å². The van der Waals surface area contributed by atoms with E-state index >= 15 is 0 Å². The molecule has 17 heavy (non-hydrogen) atoms. The van der Waals surface area contributed by atoms with Gasteiger partial charge in [-0.1, -0.05) is 27.7 Å². The van der Waals surface area contributed by atoms with Crippen molar-refractivity contribution in [3.05, 3.63) is 0 Å². The number of carboxylic acids is 2. The van der Waals surface area contributed by atoms with Gasteiger partial charge in [0.2, 0.25) is 0 Å². The van der Waals surface area contributed by atoms with E-state index in [2.05, 4.69) is 0 Å². The Morgan fingerprint density at radius 2 is 1.76 bits per heavy atom. The van der Waals surface area contributed by atoms with Crippen molar-refractivity contribution in [2.75, 3.05) is 0 Å². The molecule has 0 unspecified atom stereocenters. The van der Waals surface area contributed by atoms with Gasteiger partial charge in [-0.05, 0) is 11.7 Å². The average molecular weight is 244 g/mol. The highest BCUT2D eigenvalue weighted by molar-refractivity contribution is 6.48. The first-order valence-electron chi connectivity index (χ1n) is 5.53. The summed E-state index contributed by atoms with van der Waals surface area (Å²) in [7, 11) is -0.811. The number of carboxylic acid groups (broad SMARTS) is 2. The standard InChI is InChI=1S/C10H17BO6/c1-5(2)10(9(14)15)7(8(12)13)16-11(17-10)6(3)4/h5-7H,1-4H3,(H,12,13)(H,14,15)/t7-,10+/m1/s1. The highest BCUT2D eigenvalue weighted by atomic mass is 16.7. The zero-order valence-corrected chi connectivity index (χ0v) is 10.3. The average Bonchev–Trinajstić information content (AvgIpc) is 2.58. The SMILES string of the molecule is CC(C)B1O[C@H](C(=O)O)[C@](C(=O)O)(C(C)C)O1. The first kappa shape index (κ1) is 14.0. The normalized spacial score (nSPS) is 29.1. The molecule has 0 radical (unpaired) electrons. The van der Waals surface area contributed by atoms with Crippen LogP contribution in [-0.4, -0.2) is 41.0 Å². The van der Waals surface area contributed by atoms with Crippen LogP contribution in [0.4, 0.5) is 0 Å². The maximum absolute atomic E-state index is 11.4. The second-order valence-electron chi connectivity index (χ2n) is 4.84. The molecule has 1 heterocycles. The minimum Gasteiger partial charge on any atom is -0.479 e. The molecule has 7 heteroatoms. The third kappa shape index (κ3) is 2.17. The molecule has 0 aromatic rings. The Balaban J connectivity index is 3.16. The van der Waals surface area contributed by atoms with Crippen LogP contribution in [-0.2, 0) is 18.9 Å². The third-order valence-corrected chi connectivity index (χ3v) is 2.93. The molecule has 0 spiro atoms. The molecule has 1 fully saturated rings. The fourth-order valence-corrected chi connectivity index (χ4v) is 1.90. The topological polar surface area (TPSA) is 93.1 Å². The number of aliphatic carboxylic acids is 2. The lowest BCUT2D eigenvalue weighted by atomic mass is 9.74. The molecule has 96 valence electrons. The summed E-state index contributed by atoms with van der Waals surface area (Å²) >= 11 is 0. The minimum absolute atomic E-state index is 0.114. The zero-order chi connectivity index (χ0) is 13.4. The second kappa shape index (κ2) is 4.66. The molecule has 0 amide bonds. The second-order valence-corrected chi connectivity index (χ2v) is 4.84. The van der Waals surface area contributed by atoms with E-state index in [1.165, 1.54) is 0 Å². The molecule has 2 atom stereocenters. The molecular formula is C10H17BO6. The number of rotatable bonds is 4. The van der Waals surface area contributed by atoms with E-state index in [9.17, 15) is 14.7 Å². The Labute approximate surface area is 100 Å². The lowest BCUT2D eigenvalue weighted by Gasteiger charge is -2.31. The maximum atomic E-state index is 11.4. The Bertz CT molecular complexity index is 329. The van der Waals surface area contributed by atoms with Crippen molar-refractivity contribution in [1.82, 2.24) is 0 Å². The molecule has 1 aliphatic rings. The van der Waals surface area contributed by atoms with Crippen molar-refractivity contribution in [3.63, 3.8) is 0 Å². The van der Waals surface area contributed by atoms with Gasteiger partial charge in [-0.15, -0.1) is 0 Å². The first-order chi connectivity index (χ1) is 7.73. The van der Waals surface area contributed by atoms with Gasteiger partial charge in [-0.25, -0.2) is 9.59 Å². The van der Waals surface area contributed by atoms with Crippen molar-refractivity contribution in [1.29, 1.82) is 0 Å². The van der Waals surface area contributed by atoms with Crippen LogP contribution in [0.2, 0.25) is 5.82 Å². The van der Waals surface area contributed by atoms with E-state index in [4.69, 9.17) is 14.4 Å². The largest absolute Gasteiger partial charge is 0.479 e. The summed E-state index contributed by atoms with van der Waals surface area (Å²) in [6.45, 7) is 6.77. The minimum atomic E-state index is -1.82. The van der Waals surface area contributed by atoms with Gasteiger partial charge < -0.3 is 19.5 Å². The highest BCUT2D eigenvalue weighted by Gasteiger charge is 2.62. The molecule has 0 aromatic heterocycles. The van der Waals surface area contributed by atoms with Crippen LogP contribution in [0.15, 0.2) is 0 Å². The van der Waals surface area contributed by atoms with Gasteiger partial charge in [-0.3, -0.25) is 0 Å². The molecule has 0 saturated carbocycles.